The van der Waals surface area contributed by atoms with Gasteiger partial charge in [0.2, 0.25) is 11.8 Å². The predicted molar refractivity (Wildman–Crippen MR) is 268 cm³/mol. The maximum Gasteiger partial charge on any atom is 0.407 e. The van der Waals surface area contributed by atoms with Crippen LogP contribution in [-0.4, -0.2) is 78.5 Å². The molecule has 1 unspecified atom stereocenters. The first-order valence-corrected chi connectivity index (χ1v) is 24.3. The van der Waals surface area contributed by atoms with Gasteiger partial charge in [0.25, 0.3) is 0 Å². The van der Waals surface area contributed by atoms with Crippen molar-refractivity contribution in [3.05, 3.63) is 118 Å². The minimum Gasteiger partial charge on any atom is -0.467 e. The molecule has 1 aliphatic rings. The first-order chi connectivity index (χ1) is 32.7. The Morgan fingerprint density at radius 3 is 2.09 bits per heavy atom. The number of ether oxygens (including phenoxy) is 2. The molecule has 4 aromatic rings. The van der Waals surface area contributed by atoms with Gasteiger partial charge in [-0.25, -0.2) is 9.59 Å². The summed E-state index contributed by atoms with van der Waals surface area (Å²) < 4.78 is 10.5. The number of methoxy groups -OCH3 is 1. The number of benzene rings is 4. The zero-order valence-corrected chi connectivity index (χ0v) is 42.2. The second-order valence-electron chi connectivity index (χ2n) is 19.8. The second-order valence-corrected chi connectivity index (χ2v) is 19.8. The Morgan fingerprint density at radius 1 is 0.841 bits per heavy atom. The number of unbranched alkanes of at least 4 members (excludes halogenated alkanes) is 1. The summed E-state index contributed by atoms with van der Waals surface area (Å²) in [7, 11) is 2.78. The molecule has 0 aliphatic carbocycles. The summed E-state index contributed by atoms with van der Waals surface area (Å²) in [6.07, 6.45) is 2.78. The number of Topliss-reactive ketones (excluding diaryl/α,β-unsaturated/α-hetero) is 3. The van der Waals surface area contributed by atoms with E-state index in [0.29, 0.717) is 11.1 Å². The smallest absolute Gasteiger partial charge is 0.407 e. The van der Waals surface area contributed by atoms with Crippen LogP contribution < -0.4 is 10.6 Å². The van der Waals surface area contributed by atoms with E-state index in [0.717, 1.165) is 58.2 Å². The molecule has 0 saturated carbocycles. The van der Waals surface area contributed by atoms with Crippen LogP contribution in [0.1, 0.15) is 131 Å². The van der Waals surface area contributed by atoms with E-state index in [-0.39, 0.29) is 56.6 Å². The number of alkyl carbamates (subject to hydrolysis) is 1. The number of carbonyl (C=O) groups excluding carboxylic acids is 7. The molecule has 0 aromatic heterocycles. The van der Waals surface area contributed by atoms with Gasteiger partial charge >= 0.3 is 12.1 Å². The molecule has 69 heavy (non-hydrogen) atoms. The van der Waals surface area contributed by atoms with Gasteiger partial charge in [-0.1, -0.05) is 106 Å². The highest BCUT2D eigenvalue weighted by molar-refractivity contribution is 5.98. The van der Waals surface area contributed by atoms with Crippen molar-refractivity contribution >= 4 is 41.2 Å². The summed E-state index contributed by atoms with van der Waals surface area (Å²) in [6, 6.07) is 25.2. The van der Waals surface area contributed by atoms with Gasteiger partial charge in [-0.05, 0) is 116 Å². The molecular weight excluding hydrogens is 871 g/mol. The van der Waals surface area contributed by atoms with Gasteiger partial charge in [0.05, 0.1) is 7.11 Å². The van der Waals surface area contributed by atoms with Crippen LogP contribution >= 0.6 is 0 Å². The van der Waals surface area contributed by atoms with E-state index in [4.69, 9.17) is 9.47 Å². The number of rotatable bonds is 17. The maximum atomic E-state index is 14.9. The Kier molecular flexibility index (Phi) is 18.8. The van der Waals surface area contributed by atoms with Crippen molar-refractivity contribution in [2.24, 2.45) is 17.8 Å². The number of likely N-dealkylation sites (N-methyl/N-ethyl adjacent to an activating group) is 1. The average molecular weight is 942 g/mol. The predicted octanol–water partition coefficient (Wildman–Crippen LogP) is 10.1. The second kappa shape index (κ2) is 24.2. The third-order valence-electron chi connectivity index (χ3n) is 13.0. The highest BCUT2D eigenvalue weighted by atomic mass is 16.6. The van der Waals surface area contributed by atoms with E-state index in [2.05, 4.69) is 41.8 Å². The summed E-state index contributed by atoms with van der Waals surface area (Å²) in [5.74, 6) is -4.84. The molecule has 1 heterocycles. The molecule has 1 aliphatic heterocycles. The van der Waals surface area contributed by atoms with Gasteiger partial charge in [0.1, 0.15) is 23.5 Å². The van der Waals surface area contributed by atoms with Gasteiger partial charge < -0.3 is 25.0 Å². The van der Waals surface area contributed by atoms with Crippen molar-refractivity contribution in [2.45, 2.75) is 131 Å². The molecule has 5 rings (SSSR count). The normalized spacial score (nSPS) is 17.1. The summed E-state index contributed by atoms with van der Waals surface area (Å²) in [5, 5.41) is 5.50. The number of nitrogens with zero attached hydrogens (tertiary/aromatic N) is 1. The van der Waals surface area contributed by atoms with E-state index >= 15 is 0 Å². The number of fused-ring (bicyclic) bond motifs is 5. The van der Waals surface area contributed by atoms with E-state index in [9.17, 15) is 33.6 Å². The largest absolute Gasteiger partial charge is 0.467 e. The number of aryl methyl sites for hydroxylation is 3. The quantitative estimate of drug-likeness (QED) is 0.0774. The summed E-state index contributed by atoms with van der Waals surface area (Å²) in [6.45, 7) is 14.6. The Bertz CT molecular complexity index is 2490. The number of hydrogen-bond donors (Lipinski definition) is 2. The van der Waals surface area contributed by atoms with Crippen LogP contribution in [0.5, 0.6) is 0 Å². The van der Waals surface area contributed by atoms with E-state index < -0.39 is 65.1 Å². The lowest BCUT2D eigenvalue weighted by molar-refractivity contribution is -0.146. The monoisotopic (exact) mass is 942 g/mol. The SMILES string of the molecule is CCCCc1ccc(-c2ccc(C(=O)CCC(C)C(=O)C[C@@H](CCNC(=O)OC(C)(C)C)C(=O)N(C)[C@@H]3C(=O)C[C@@H](C)C(=O)N[C@H](C(=O)OC)Cc4ccc(C)c(c4)-c4cc3ccc4C)cc2)cc1. The third-order valence-corrected chi connectivity index (χ3v) is 13.0. The van der Waals surface area contributed by atoms with Crippen LogP contribution in [0, 0.1) is 31.6 Å². The zero-order valence-electron chi connectivity index (χ0n) is 42.2. The standard InChI is InChI=1S/C57H71N3O9/c1-11-12-13-39-18-21-41(22-19-39)42-23-25-43(26-24-42)49(61)27-16-37(4)50(62)34-45(28-29-58-56(67)69-57(6,7)8)54(65)60(9)52-44-20-15-36(3)47(33-44)46-31-40(17-14-35(46)2)32-48(55(66)68-10)59-53(64)38(5)30-51(52)63/h14-15,17-26,31,33,37-38,45,48,52H,11-13,16,27-30,32,34H2,1-10H3,(H,58,67)(H,59,64)/t37?,38-,45-,48+,52+/m1/s1. The number of esters is 1. The van der Waals surface area contributed by atoms with Gasteiger partial charge in [-0.2, -0.15) is 0 Å². The molecule has 0 fully saturated rings. The fraction of sp³-hybridized carbons (Fsp3) is 0.456. The number of hydrogen-bond acceptors (Lipinski definition) is 9. The molecule has 4 aromatic carbocycles. The molecule has 0 spiro atoms. The molecule has 2 N–H and O–H groups in total. The minimum absolute atomic E-state index is 0.000218. The van der Waals surface area contributed by atoms with Crippen molar-refractivity contribution in [3.63, 3.8) is 0 Å². The van der Waals surface area contributed by atoms with Crippen LogP contribution in [0.3, 0.4) is 0 Å². The Morgan fingerprint density at radius 2 is 1.46 bits per heavy atom. The highest BCUT2D eigenvalue weighted by Gasteiger charge is 2.36. The van der Waals surface area contributed by atoms with Crippen molar-refractivity contribution in [1.29, 1.82) is 0 Å². The molecule has 4 bridgehead atoms. The molecule has 0 radical (unpaired) electrons. The minimum atomic E-state index is -1.17. The number of amides is 3. The average Bonchev–Trinajstić information content (AvgIpc) is 3.31. The highest BCUT2D eigenvalue weighted by Crippen LogP contribution is 2.35. The van der Waals surface area contributed by atoms with Crippen LogP contribution in [0.15, 0.2) is 84.9 Å². The fourth-order valence-electron chi connectivity index (χ4n) is 8.78. The van der Waals surface area contributed by atoms with Crippen LogP contribution in [0.2, 0.25) is 0 Å². The lowest BCUT2D eigenvalue weighted by atomic mass is 9.86. The van der Waals surface area contributed by atoms with Crippen molar-refractivity contribution in [2.75, 3.05) is 20.7 Å². The van der Waals surface area contributed by atoms with Gasteiger partial charge in [-0.15, -0.1) is 0 Å². The van der Waals surface area contributed by atoms with Crippen molar-refractivity contribution < 1.29 is 43.0 Å². The maximum absolute atomic E-state index is 14.9. The summed E-state index contributed by atoms with van der Waals surface area (Å²) in [5.41, 5.74) is 8.01. The van der Waals surface area contributed by atoms with Gasteiger partial charge in [0, 0.05) is 62.6 Å². The fourth-order valence-corrected chi connectivity index (χ4v) is 8.78. The first-order valence-electron chi connectivity index (χ1n) is 24.3. The molecule has 3 amide bonds. The van der Waals surface area contributed by atoms with Crippen molar-refractivity contribution in [3.8, 4) is 22.3 Å². The zero-order chi connectivity index (χ0) is 50.6. The third kappa shape index (κ3) is 14.8. The topological polar surface area (TPSA) is 165 Å². The first kappa shape index (κ1) is 53.5. The van der Waals surface area contributed by atoms with Gasteiger partial charge in [-0.3, -0.25) is 24.0 Å². The van der Waals surface area contributed by atoms with Crippen LogP contribution in [0.4, 0.5) is 4.79 Å². The molecule has 5 atom stereocenters. The summed E-state index contributed by atoms with van der Waals surface area (Å²) in [4.78, 5) is 97.7. The molecule has 0 saturated heterocycles. The number of ketones is 3. The van der Waals surface area contributed by atoms with E-state index in [1.165, 1.54) is 24.6 Å². The molecule has 368 valence electrons. The summed E-state index contributed by atoms with van der Waals surface area (Å²) >= 11 is 0. The number of carbonyl (C=O) groups is 7. The molecule has 12 heteroatoms. The Balaban J connectivity index is 1.39. The van der Waals surface area contributed by atoms with Crippen molar-refractivity contribution in [1.82, 2.24) is 15.5 Å². The number of nitrogens with one attached hydrogen (secondary N) is 2. The van der Waals surface area contributed by atoms with Crippen LogP contribution in [-0.2, 0) is 46.3 Å². The van der Waals surface area contributed by atoms with Crippen LogP contribution in [0.25, 0.3) is 22.3 Å². The molecular formula is C57H71N3O9. The van der Waals surface area contributed by atoms with E-state index in [1.807, 2.05) is 68.4 Å². The lowest BCUT2D eigenvalue weighted by Crippen LogP contribution is -2.46. The van der Waals surface area contributed by atoms with E-state index in [1.54, 1.807) is 40.7 Å². The Hall–Kier alpha value is -6.43. The molecule has 12 nitrogen and oxygen atoms in total. The Labute approximate surface area is 408 Å². The van der Waals surface area contributed by atoms with Gasteiger partial charge in [0.15, 0.2) is 11.6 Å². The lowest BCUT2D eigenvalue weighted by Gasteiger charge is -2.32.